The van der Waals surface area contributed by atoms with Crippen molar-refractivity contribution >= 4 is 10.8 Å². The van der Waals surface area contributed by atoms with Crippen molar-refractivity contribution in [3.05, 3.63) is 48.4 Å². The molecule has 0 saturated carbocycles. The second kappa shape index (κ2) is 6.50. The van der Waals surface area contributed by atoms with Gasteiger partial charge in [0.2, 0.25) is 11.8 Å². The van der Waals surface area contributed by atoms with Crippen LogP contribution in [0.5, 0.6) is 0 Å². The second-order valence-electron chi connectivity index (χ2n) is 5.02. The summed E-state index contributed by atoms with van der Waals surface area (Å²) in [6, 6.07) is 14.5. The largest absolute Gasteiger partial charge is 0.421 e. The number of nitrogens with one attached hydrogen (secondary N) is 1. The number of hydrogen-bond donors (Lipinski definition) is 1. The van der Waals surface area contributed by atoms with Gasteiger partial charge in [0.25, 0.3) is 0 Å². The minimum absolute atomic E-state index is 0.596. The van der Waals surface area contributed by atoms with Crippen LogP contribution in [0.25, 0.3) is 22.2 Å². The molecule has 1 aromatic heterocycles. The average Bonchev–Trinajstić information content (AvgIpc) is 3.00. The Labute approximate surface area is 124 Å². The summed E-state index contributed by atoms with van der Waals surface area (Å²) in [6.45, 7) is 4.07. The van der Waals surface area contributed by atoms with Crippen LogP contribution in [-0.4, -0.2) is 23.3 Å². The number of benzene rings is 2. The second-order valence-corrected chi connectivity index (χ2v) is 5.02. The lowest BCUT2D eigenvalue weighted by Gasteiger charge is -2.00. The van der Waals surface area contributed by atoms with Gasteiger partial charge in [0.15, 0.2) is 0 Å². The summed E-state index contributed by atoms with van der Waals surface area (Å²) in [5, 5.41) is 14.0. The predicted octanol–water partition coefficient (Wildman–Crippen LogP) is 3.43. The fraction of sp³-hybridized carbons (Fsp3) is 0.294. The third-order valence-electron chi connectivity index (χ3n) is 3.46. The Kier molecular flexibility index (Phi) is 4.26. The maximum atomic E-state index is 5.75. The van der Waals surface area contributed by atoms with E-state index in [9.17, 15) is 0 Å². The number of fused-ring (bicyclic) bond motifs is 1. The third-order valence-corrected chi connectivity index (χ3v) is 3.46. The van der Waals surface area contributed by atoms with Crippen molar-refractivity contribution in [1.29, 1.82) is 0 Å². The van der Waals surface area contributed by atoms with Gasteiger partial charge in [-0.3, -0.25) is 0 Å². The molecule has 4 heteroatoms. The van der Waals surface area contributed by atoms with Crippen LogP contribution in [0.1, 0.15) is 19.2 Å². The first-order valence-corrected chi connectivity index (χ1v) is 7.39. The summed E-state index contributed by atoms with van der Waals surface area (Å²) in [6.07, 6.45) is 1.82. The Morgan fingerprint density at radius 3 is 2.76 bits per heavy atom. The summed E-state index contributed by atoms with van der Waals surface area (Å²) < 4.78 is 5.75. The molecule has 0 saturated heterocycles. The Morgan fingerprint density at radius 1 is 1.05 bits per heavy atom. The molecule has 0 spiro atoms. The lowest BCUT2D eigenvalue weighted by atomic mass is 10.1. The van der Waals surface area contributed by atoms with Crippen LogP contribution in [0.15, 0.2) is 46.9 Å². The van der Waals surface area contributed by atoms with Gasteiger partial charge in [-0.25, -0.2) is 0 Å². The van der Waals surface area contributed by atoms with E-state index in [0.717, 1.165) is 31.5 Å². The molecule has 0 aliphatic carbocycles. The molecule has 0 fully saturated rings. The number of aryl methyl sites for hydroxylation is 1. The Morgan fingerprint density at radius 2 is 1.90 bits per heavy atom. The Hall–Kier alpha value is -2.20. The van der Waals surface area contributed by atoms with Crippen LogP contribution >= 0.6 is 0 Å². The quantitative estimate of drug-likeness (QED) is 0.703. The SMILES string of the molecule is CCNCCCc1nnc(-c2ccc3ccccc3c2)o1. The van der Waals surface area contributed by atoms with Crippen molar-refractivity contribution in [1.82, 2.24) is 15.5 Å². The summed E-state index contributed by atoms with van der Waals surface area (Å²) in [5.41, 5.74) is 0.971. The number of hydrogen-bond acceptors (Lipinski definition) is 4. The normalized spacial score (nSPS) is 11.1. The Balaban J connectivity index is 1.75. The molecule has 3 rings (SSSR count). The van der Waals surface area contributed by atoms with Crippen molar-refractivity contribution < 1.29 is 4.42 Å². The van der Waals surface area contributed by atoms with Crippen LogP contribution in [-0.2, 0) is 6.42 Å². The van der Waals surface area contributed by atoms with Crippen molar-refractivity contribution in [3.63, 3.8) is 0 Å². The first kappa shape index (κ1) is 13.8. The zero-order valence-electron chi connectivity index (χ0n) is 12.2. The average molecular weight is 281 g/mol. The maximum Gasteiger partial charge on any atom is 0.247 e. The Bertz CT molecular complexity index is 721. The highest BCUT2D eigenvalue weighted by atomic mass is 16.4. The fourth-order valence-electron chi connectivity index (χ4n) is 2.34. The molecule has 21 heavy (non-hydrogen) atoms. The summed E-state index contributed by atoms with van der Waals surface area (Å²) in [5.74, 6) is 1.30. The molecule has 3 aromatic rings. The molecule has 1 heterocycles. The molecule has 1 N–H and O–H groups in total. The number of aromatic nitrogens is 2. The molecule has 0 radical (unpaired) electrons. The van der Waals surface area contributed by atoms with Crippen LogP contribution in [0.3, 0.4) is 0 Å². The minimum atomic E-state index is 0.596. The van der Waals surface area contributed by atoms with E-state index in [-0.39, 0.29) is 0 Å². The lowest BCUT2D eigenvalue weighted by molar-refractivity contribution is 0.492. The van der Waals surface area contributed by atoms with Gasteiger partial charge >= 0.3 is 0 Å². The highest BCUT2D eigenvalue weighted by molar-refractivity contribution is 5.86. The molecular weight excluding hydrogens is 262 g/mol. The first-order chi connectivity index (χ1) is 10.4. The van der Waals surface area contributed by atoms with Gasteiger partial charge in [-0.1, -0.05) is 37.3 Å². The van der Waals surface area contributed by atoms with Crippen molar-refractivity contribution in [2.75, 3.05) is 13.1 Å². The van der Waals surface area contributed by atoms with Crippen LogP contribution < -0.4 is 5.32 Å². The van der Waals surface area contributed by atoms with Crippen molar-refractivity contribution in [3.8, 4) is 11.5 Å². The third kappa shape index (κ3) is 3.28. The molecule has 0 bridgehead atoms. The summed E-state index contributed by atoms with van der Waals surface area (Å²) >= 11 is 0. The predicted molar refractivity (Wildman–Crippen MR) is 84.1 cm³/mol. The molecular formula is C17H19N3O. The lowest BCUT2D eigenvalue weighted by Crippen LogP contribution is -2.14. The van der Waals surface area contributed by atoms with E-state index in [1.807, 2.05) is 18.2 Å². The van der Waals surface area contributed by atoms with Crippen LogP contribution in [0, 0.1) is 0 Å². The van der Waals surface area contributed by atoms with Gasteiger partial charge in [0, 0.05) is 12.0 Å². The van der Waals surface area contributed by atoms with Crippen LogP contribution in [0.4, 0.5) is 0 Å². The van der Waals surface area contributed by atoms with Crippen LogP contribution in [0.2, 0.25) is 0 Å². The smallest absolute Gasteiger partial charge is 0.247 e. The van der Waals surface area contributed by atoms with E-state index in [2.05, 4.69) is 46.7 Å². The maximum absolute atomic E-state index is 5.75. The monoisotopic (exact) mass is 281 g/mol. The molecule has 4 nitrogen and oxygen atoms in total. The van der Waals surface area contributed by atoms with Gasteiger partial charge in [-0.15, -0.1) is 10.2 Å². The zero-order valence-corrected chi connectivity index (χ0v) is 12.2. The highest BCUT2D eigenvalue weighted by Gasteiger charge is 2.08. The zero-order chi connectivity index (χ0) is 14.5. The summed E-state index contributed by atoms with van der Waals surface area (Å²) in [7, 11) is 0. The van der Waals surface area contributed by atoms with E-state index in [1.54, 1.807) is 0 Å². The summed E-state index contributed by atoms with van der Waals surface area (Å²) in [4.78, 5) is 0. The molecule has 108 valence electrons. The van der Waals surface area contributed by atoms with Gasteiger partial charge in [0.05, 0.1) is 0 Å². The van der Waals surface area contributed by atoms with E-state index in [0.29, 0.717) is 11.8 Å². The number of nitrogens with zero attached hydrogens (tertiary/aromatic N) is 2. The first-order valence-electron chi connectivity index (χ1n) is 7.39. The van der Waals surface area contributed by atoms with E-state index in [4.69, 9.17) is 4.42 Å². The van der Waals surface area contributed by atoms with Gasteiger partial charge in [-0.05, 0) is 42.4 Å². The molecule has 0 unspecified atom stereocenters. The van der Waals surface area contributed by atoms with Crippen molar-refractivity contribution in [2.45, 2.75) is 19.8 Å². The fourth-order valence-corrected chi connectivity index (χ4v) is 2.34. The molecule has 0 amide bonds. The highest BCUT2D eigenvalue weighted by Crippen LogP contribution is 2.23. The molecule has 2 aromatic carbocycles. The van der Waals surface area contributed by atoms with Gasteiger partial charge in [0.1, 0.15) is 0 Å². The standard InChI is InChI=1S/C17H19N3O/c1-2-18-11-5-8-16-19-20-17(21-16)15-10-9-13-6-3-4-7-14(13)12-15/h3-4,6-7,9-10,12,18H,2,5,8,11H2,1H3. The van der Waals surface area contributed by atoms with E-state index < -0.39 is 0 Å². The van der Waals surface area contributed by atoms with Gasteiger partial charge < -0.3 is 9.73 Å². The molecule has 0 aliphatic rings. The molecule has 0 aliphatic heterocycles. The van der Waals surface area contributed by atoms with Crippen molar-refractivity contribution in [2.24, 2.45) is 0 Å². The number of rotatable bonds is 6. The van der Waals surface area contributed by atoms with Gasteiger partial charge in [-0.2, -0.15) is 0 Å². The minimum Gasteiger partial charge on any atom is -0.421 e. The molecule has 0 atom stereocenters. The van der Waals surface area contributed by atoms with E-state index >= 15 is 0 Å². The van der Waals surface area contributed by atoms with E-state index in [1.165, 1.54) is 10.8 Å². The topological polar surface area (TPSA) is 51.0 Å².